The maximum absolute atomic E-state index is 6.75. The molecule has 0 aliphatic heterocycles. The lowest BCUT2D eigenvalue weighted by Crippen LogP contribution is -1.95. The highest BCUT2D eigenvalue weighted by atomic mass is 16.3. The zero-order valence-corrected chi connectivity index (χ0v) is 31.3. The van der Waals surface area contributed by atoms with Crippen molar-refractivity contribution < 1.29 is 4.42 Å². The van der Waals surface area contributed by atoms with E-state index in [2.05, 4.69) is 208 Å². The zero-order chi connectivity index (χ0) is 37.9. The van der Waals surface area contributed by atoms with Gasteiger partial charge in [0.2, 0.25) is 0 Å². The first-order valence-corrected chi connectivity index (χ1v) is 19.9. The molecule has 13 aromatic rings. The Morgan fingerprint density at radius 2 is 0.776 bits per heavy atom. The molecule has 0 amide bonds. The van der Waals surface area contributed by atoms with E-state index in [4.69, 9.17) is 4.42 Å². The standard InChI is InChI=1S/C54H33N3O/c1-4-14-36(15-5-1)55-45-22-12-10-20-39(45)43-32-34(24-28-46(43)55)35-25-29-47-44(33-35)51-48(56(47)37-16-6-2-7-17-37)31-27-42-52-49(57(53(42)51)38-18-8-3-9-19-38)30-26-41-40-21-11-13-23-50(40)58-54(41)52/h1-33H. The molecule has 0 bridgehead atoms. The van der Waals surface area contributed by atoms with E-state index in [1.807, 2.05) is 6.07 Å². The Labute approximate surface area is 332 Å². The van der Waals surface area contributed by atoms with Crippen LogP contribution in [-0.2, 0) is 0 Å². The fourth-order valence-electron chi connectivity index (χ4n) is 9.76. The number of furan rings is 1. The summed E-state index contributed by atoms with van der Waals surface area (Å²) in [5, 5.41) is 9.47. The van der Waals surface area contributed by atoms with Crippen LogP contribution in [0.3, 0.4) is 0 Å². The number of hydrogen-bond donors (Lipinski definition) is 0. The van der Waals surface area contributed by atoms with E-state index in [1.54, 1.807) is 0 Å². The van der Waals surface area contributed by atoms with Crippen LogP contribution < -0.4 is 0 Å². The number of hydrogen-bond acceptors (Lipinski definition) is 1. The number of fused-ring (bicyclic) bond motifs is 14. The fourth-order valence-corrected chi connectivity index (χ4v) is 9.76. The topological polar surface area (TPSA) is 27.9 Å². The molecule has 4 heterocycles. The van der Waals surface area contributed by atoms with E-state index in [9.17, 15) is 0 Å². The lowest BCUT2D eigenvalue weighted by molar-refractivity contribution is 0.673. The van der Waals surface area contributed by atoms with E-state index < -0.39 is 0 Å². The van der Waals surface area contributed by atoms with Crippen LogP contribution in [0.4, 0.5) is 0 Å². The highest BCUT2D eigenvalue weighted by molar-refractivity contribution is 6.31. The molecule has 0 atom stereocenters. The molecule has 0 fully saturated rings. The minimum atomic E-state index is 0.904. The summed E-state index contributed by atoms with van der Waals surface area (Å²) in [4.78, 5) is 0. The zero-order valence-electron chi connectivity index (χ0n) is 31.3. The van der Waals surface area contributed by atoms with Gasteiger partial charge in [0, 0.05) is 54.8 Å². The van der Waals surface area contributed by atoms with Gasteiger partial charge in [-0.2, -0.15) is 0 Å². The Kier molecular flexibility index (Phi) is 6.41. The summed E-state index contributed by atoms with van der Waals surface area (Å²) in [6.07, 6.45) is 0. The Bertz CT molecular complexity index is 3770. The number of para-hydroxylation sites is 5. The number of nitrogens with zero attached hydrogens (tertiary/aromatic N) is 3. The van der Waals surface area contributed by atoms with Crippen LogP contribution >= 0.6 is 0 Å². The van der Waals surface area contributed by atoms with Crippen molar-refractivity contribution in [3.63, 3.8) is 0 Å². The summed E-state index contributed by atoms with van der Waals surface area (Å²) in [5.41, 5.74) is 14.6. The van der Waals surface area contributed by atoms with Gasteiger partial charge in [0.1, 0.15) is 11.2 Å². The van der Waals surface area contributed by atoms with Crippen molar-refractivity contribution in [1.29, 1.82) is 0 Å². The van der Waals surface area contributed by atoms with Crippen molar-refractivity contribution in [3.8, 4) is 28.2 Å². The van der Waals surface area contributed by atoms with Crippen LogP contribution in [0.25, 0.3) is 116 Å². The molecule has 4 heteroatoms. The Morgan fingerprint density at radius 1 is 0.293 bits per heavy atom. The SMILES string of the molecule is c1ccc(-n2c3ccccc3c3cc(-c4ccc5c(c4)c4c(ccc6c7c8oc9ccccc9c8ccc7n(-c7ccccc7)c64)n5-c4ccccc4)ccc32)cc1. The van der Waals surface area contributed by atoms with Crippen molar-refractivity contribution in [2.24, 2.45) is 0 Å². The number of benzene rings is 9. The molecule has 270 valence electrons. The molecule has 9 aromatic carbocycles. The van der Waals surface area contributed by atoms with Crippen LogP contribution in [0.5, 0.6) is 0 Å². The molecule has 13 rings (SSSR count). The summed E-state index contributed by atoms with van der Waals surface area (Å²) in [6, 6.07) is 72.4. The summed E-state index contributed by atoms with van der Waals surface area (Å²) in [5.74, 6) is 0. The highest BCUT2D eigenvalue weighted by Gasteiger charge is 2.24. The van der Waals surface area contributed by atoms with Crippen molar-refractivity contribution in [2.75, 3.05) is 0 Å². The molecule has 0 aliphatic carbocycles. The van der Waals surface area contributed by atoms with Crippen molar-refractivity contribution >= 4 is 87.4 Å². The molecule has 0 N–H and O–H groups in total. The minimum absolute atomic E-state index is 0.904. The van der Waals surface area contributed by atoms with Gasteiger partial charge < -0.3 is 18.1 Å². The maximum atomic E-state index is 6.75. The molecule has 0 spiro atoms. The van der Waals surface area contributed by atoms with E-state index >= 15 is 0 Å². The van der Waals surface area contributed by atoms with Gasteiger partial charge in [0.05, 0.1) is 38.5 Å². The van der Waals surface area contributed by atoms with E-state index in [0.29, 0.717) is 0 Å². The molecule has 0 aliphatic rings. The van der Waals surface area contributed by atoms with E-state index in [-0.39, 0.29) is 0 Å². The van der Waals surface area contributed by atoms with Gasteiger partial charge in [0.25, 0.3) is 0 Å². The van der Waals surface area contributed by atoms with Gasteiger partial charge in [-0.15, -0.1) is 0 Å². The van der Waals surface area contributed by atoms with Crippen LogP contribution in [0.2, 0.25) is 0 Å². The first kappa shape index (κ1) is 31.4. The van der Waals surface area contributed by atoms with E-state index in [0.717, 1.165) is 60.9 Å². The number of aromatic nitrogens is 3. The average Bonchev–Trinajstić information content (AvgIpc) is 4.03. The molecule has 4 aromatic heterocycles. The highest BCUT2D eigenvalue weighted by Crippen LogP contribution is 2.46. The predicted molar refractivity (Wildman–Crippen MR) is 242 cm³/mol. The smallest absolute Gasteiger partial charge is 0.145 e. The van der Waals surface area contributed by atoms with Gasteiger partial charge in [0.15, 0.2) is 0 Å². The van der Waals surface area contributed by atoms with Crippen molar-refractivity contribution in [3.05, 3.63) is 200 Å². The second-order valence-electron chi connectivity index (χ2n) is 15.3. The third kappa shape index (κ3) is 4.29. The minimum Gasteiger partial charge on any atom is -0.455 e. The molecule has 0 unspecified atom stereocenters. The molecular weight excluding hydrogens is 707 g/mol. The third-order valence-electron chi connectivity index (χ3n) is 12.2. The Morgan fingerprint density at radius 3 is 1.47 bits per heavy atom. The lowest BCUT2D eigenvalue weighted by Gasteiger charge is -2.10. The normalized spacial score (nSPS) is 12.1. The first-order chi connectivity index (χ1) is 28.8. The number of rotatable bonds is 4. The molecule has 0 radical (unpaired) electrons. The molecule has 0 saturated carbocycles. The van der Waals surface area contributed by atoms with Crippen LogP contribution in [0, 0.1) is 0 Å². The van der Waals surface area contributed by atoms with Gasteiger partial charge >= 0.3 is 0 Å². The second-order valence-corrected chi connectivity index (χ2v) is 15.3. The summed E-state index contributed by atoms with van der Waals surface area (Å²) >= 11 is 0. The molecule has 58 heavy (non-hydrogen) atoms. The summed E-state index contributed by atoms with van der Waals surface area (Å²) < 4.78 is 14.0. The molecular formula is C54H33N3O. The Balaban J connectivity index is 1.15. The second kappa shape index (κ2) is 11.8. The fraction of sp³-hybridized carbons (Fsp3) is 0. The average molecular weight is 740 g/mol. The molecule has 0 saturated heterocycles. The summed E-state index contributed by atoms with van der Waals surface area (Å²) in [6.45, 7) is 0. The quantitative estimate of drug-likeness (QED) is 0.177. The monoisotopic (exact) mass is 739 g/mol. The van der Waals surface area contributed by atoms with Crippen molar-refractivity contribution in [1.82, 2.24) is 13.7 Å². The van der Waals surface area contributed by atoms with E-state index in [1.165, 1.54) is 54.6 Å². The molecule has 4 nitrogen and oxygen atoms in total. The van der Waals surface area contributed by atoms with Crippen LogP contribution in [0.1, 0.15) is 0 Å². The van der Waals surface area contributed by atoms with Gasteiger partial charge in [-0.25, -0.2) is 0 Å². The van der Waals surface area contributed by atoms with Gasteiger partial charge in [-0.05, 0) is 108 Å². The first-order valence-electron chi connectivity index (χ1n) is 19.9. The lowest BCUT2D eigenvalue weighted by atomic mass is 10.00. The van der Waals surface area contributed by atoms with Crippen molar-refractivity contribution in [2.45, 2.75) is 0 Å². The Hall–Kier alpha value is -7.82. The van der Waals surface area contributed by atoms with Crippen LogP contribution in [0.15, 0.2) is 205 Å². The largest absolute Gasteiger partial charge is 0.455 e. The predicted octanol–water partition coefficient (Wildman–Crippen LogP) is 14.5. The van der Waals surface area contributed by atoms with Gasteiger partial charge in [-0.1, -0.05) is 103 Å². The van der Waals surface area contributed by atoms with Gasteiger partial charge in [-0.3, -0.25) is 0 Å². The van der Waals surface area contributed by atoms with Crippen LogP contribution in [-0.4, -0.2) is 13.7 Å². The summed E-state index contributed by atoms with van der Waals surface area (Å²) in [7, 11) is 0. The maximum Gasteiger partial charge on any atom is 0.145 e. The third-order valence-corrected chi connectivity index (χ3v) is 12.2.